The lowest BCUT2D eigenvalue weighted by Crippen LogP contribution is -2.24. The van der Waals surface area contributed by atoms with Crippen molar-refractivity contribution in [1.82, 2.24) is 4.98 Å². The lowest BCUT2D eigenvalue weighted by molar-refractivity contribution is 0.0602. The zero-order valence-corrected chi connectivity index (χ0v) is 10.7. The molecule has 0 fully saturated rings. The van der Waals surface area contributed by atoms with Gasteiger partial charge in [-0.05, 0) is 12.0 Å². The molecule has 1 rings (SSSR count). The number of nitrogen functional groups attached to an aromatic ring is 1. The average Bonchev–Trinajstić information content (AvgIpc) is 2.27. The summed E-state index contributed by atoms with van der Waals surface area (Å²) in [6.07, 6.45) is 1.48. The third kappa shape index (κ3) is 3.34. The molecular weight excluding hydrogens is 218 g/mol. The molecule has 0 saturated heterocycles. The van der Waals surface area contributed by atoms with E-state index in [0.717, 1.165) is 6.54 Å². The van der Waals surface area contributed by atoms with Gasteiger partial charge in [0.1, 0.15) is 5.82 Å². The van der Waals surface area contributed by atoms with Crippen LogP contribution in [0, 0.1) is 5.92 Å². The van der Waals surface area contributed by atoms with E-state index in [2.05, 4.69) is 23.6 Å². The fourth-order valence-electron chi connectivity index (χ4n) is 1.59. The van der Waals surface area contributed by atoms with Gasteiger partial charge in [0.05, 0.1) is 24.6 Å². The van der Waals surface area contributed by atoms with Crippen molar-refractivity contribution in [3.8, 4) is 0 Å². The van der Waals surface area contributed by atoms with Crippen LogP contribution in [-0.4, -0.2) is 31.7 Å². The molecule has 0 bridgehead atoms. The van der Waals surface area contributed by atoms with Crippen molar-refractivity contribution in [1.29, 1.82) is 0 Å². The summed E-state index contributed by atoms with van der Waals surface area (Å²) in [6.45, 7) is 5.10. The van der Waals surface area contributed by atoms with Crippen molar-refractivity contribution in [2.24, 2.45) is 5.92 Å². The minimum Gasteiger partial charge on any atom is -0.465 e. The molecule has 1 aromatic heterocycles. The Morgan fingerprint density at radius 2 is 2.24 bits per heavy atom. The zero-order valence-electron chi connectivity index (χ0n) is 10.7. The maximum Gasteiger partial charge on any atom is 0.340 e. The zero-order chi connectivity index (χ0) is 13.0. The van der Waals surface area contributed by atoms with E-state index in [1.807, 2.05) is 11.9 Å². The standard InChI is InChI=1S/C12H19N3O2/c1-8(2)7-15(3)11-5-9(12(16)17-4)10(13)6-14-11/h5-6,8H,7,13H2,1-4H3. The number of methoxy groups -OCH3 is 1. The SMILES string of the molecule is COC(=O)c1cc(N(C)CC(C)C)ncc1N. The van der Waals surface area contributed by atoms with Gasteiger partial charge in [0.2, 0.25) is 0 Å². The Balaban J connectivity index is 2.99. The second kappa shape index (κ2) is 5.52. The van der Waals surface area contributed by atoms with Gasteiger partial charge in [-0.1, -0.05) is 13.8 Å². The van der Waals surface area contributed by atoms with Crippen LogP contribution in [0.5, 0.6) is 0 Å². The Morgan fingerprint density at radius 1 is 1.59 bits per heavy atom. The highest BCUT2D eigenvalue weighted by atomic mass is 16.5. The van der Waals surface area contributed by atoms with E-state index < -0.39 is 5.97 Å². The first kappa shape index (κ1) is 13.3. The quantitative estimate of drug-likeness (QED) is 0.804. The van der Waals surface area contributed by atoms with Gasteiger partial charge in [0.15, 0.2) is 0 Å². The van der Waals surface area contributed by atoms with Crippen molar-refractivity contribution in [3.63, 3.8) is 0 Å². The fraction of sp³-hybridized carbons (Fsp3) is 0.500. The molecule has 0 aromatic carbocycles. The number of anilines is 2. The van der Waals surface area contributed by atoms with Crippen molar-refractivity contribution >= 4 is 17.5 Å². The number of nitrogens with two attached hydrogens (primary N) is 1. The van der Waals surface area contributed by atoms with Gasteiger partial charge < -0.3 is 15.4 Å². The molecule has 1 heterocycles. The molecule has 0 spiro atoms. The van der Waals surface area contributed by atoms with Gasteiger partial charge >= 0.3 is 5.97 Å². The number of hydrogen-bond donors (Lipinski definition) is 1. The third-order valence-electron chi connectivity index (χ3n) is 2.36. The molecule has 2 N–H and O–H groups in total. The van der Waals surface area contributed by atoms with Gasteiger partial charge in [-0.3, -0.25) is 0 Å². The third-order valence-corrected chi connectivity index (χ3v) is 2.36. The summed E-state index contributed by atoms with van der Waals surface area (Å²) >= 11 is 0. The Kier molecular flexibility index (Phi) is 4.31. The lowest BCUT2D eigenvalue weighted by atomic mass is 10.2. The second-order valence-electron chi connectivity index (χ2n) is 4.40. The molecule has 0 aliphatic carbocycles. The molecule has 0 amide bonds. The van der Waals surface area contributed by atoms with E-state index >= 15 is 0 Å². The van der Waals surface area contributed by atoms with Crippen LogP contribution < -0.4 is 10.6 Å². The average molecular weight is 237 g/mol. The highest BCUT2D eigenvalue weighted by molar-refractivity contribution is 5.95. The molecule has 94 valence electrons. The molecule has 1 aromatic rings. The predicted molar refractivity (Wildman–Crippen MR) is 68.1 cm³/mol. The summed E-state index contributed by atoms with van der Waals surface area (Å²) in [5, 5.41) is 0. The molecule has 5 heteroatoms. The van der Waals surface area contributed by atoms with E-state index in [0.29, 0.717) is 23.0 Å². The number of nitrogens with zero attached hydrogens (tertiary/aromatic N) is 2. The van der Waals surface area contributed by atoms with Crippen LogP contribution in [0.15, 0.2) is 12.3 Å². The summed E-state index contributed by atoms with van der Waals surface area (Å²) in [7, 11) is 3.26. The summed E-state index contributed by atoms with van der Waals surface area (Å²) in [4.78, 5) is 17.7. The van der Waals surface area contributed by atoms with Crippen LogP contribution >= 0.6 is 0 Å². The molecule has 0 aliphatic heterocycles. The Labute approximate surface area is 102 Å². The maximum atomic E-state index is 11.5. The topological polar surface area (TPSA) is 68.5 Å². The fourth-order valence-corrected chi connectivity index (χ4v) is 1.59. The van der Waals surface area contributed by atoms with Gasteiger partial charge in [-0.2, -0.15) is 0 Å². The number of esters is 1. The number of carbonyl (C=O) groups excluding carboxylic acids is 1. The van der Waals surface area contributed by atoms with Crippen molar-refractivity contribution in [3.05, 3.63) is 17.8 Å². The Hall–Kier alpha value is -1.78. The minimum atomic E-state index is -0.441. The largest absolute Gasteiger partial charge is 0.465 e. The normalized spacial score (nSPS) is 10.4. The van der Waals surface area contributed by atoms with Gasteiger partial charge in [-0.15, -0.1) is 0 Å². The summed E-state index contributed by atoms with van der Waals surface area (Å²) in [6, 6.07) is 1.66. The van der Waals surface area contributed by atoms with Crippen LogP contribution in [0.25, 0.3) is 0 Å². The van der Waals surface area contributed by atoms with Crippen molar-refractivity contribution in [2.45, 2.75) is 13.8 Å². The van der Waals surface area contributed by atoms with Gasteiger partial charge in [0, 0.05) is 13.6 Å². The van der Waals surface area contributed by atoms with E-state index in [-0.39, 0.29) is 0 Å². The first-order valence-corrected chi connectivity index (χ1v) is 5.50. The van der Waals surface area contributed by atoms with Crippen LogP contribution in [0.3, 0.4) is 0 Å². The second-order valence-corrected chi connectivity index (χ2v) is 4.40. The molecular formula is C12H19N3O2. The van der Waals surface area contributed by atoms with Gasteiger partial charge in [-0.25, -0.2) is 9.78 Å². The monoisotopic (exact) mass is 237 g/mol. The van der Waals surface area contributed by atoms with Crippen LogP contribution in [0.1, 0.15) is 24.2 Å². The van der Waals surface area contributed by atoms with Crippen LogP contribution in [-0.2, 0) is 4.74 Å². The first-order valence-electron chi connectivity index (χ1n) is 5.50. The van der Waals surface area contributed by atoms with Crippen LogP contribution in [0.2, 0.25) is 0 Å². The number of ether oxygens (including phenoxy) is 1. The molecule has 0 unspecified atom stereocenters. The van der Waals surface area contributed by atoms with Crippen molar-refractivity contribution in [2.75, 3.05) is 31.3 Å². The lowest BCUT2D eigenvalue weighted by Gasteiger charge is -2.21. The van der Waals surface area contributed by atoms with E-state index in [4.69, 9.17) is 5.73 Å². The molecule has 17 heavy (non-hydrogen) atoms. The molecule has 0 saturated carbocycles. The smallest absolute Gasteiger partial charge is 0.340 e. The number of pyridine rings is 1. The summed E-state index contributed by atoms with van der Waals surface area (Å²) in [5.41, 5.74) is 6.37. The maximum absolute atomic E-state index is 11.5. The minimum absolute atomic E-state index is 0.332. The molecule has 0 radical (unpaired) electrons. The highest BCUT2D eigenvalue weighted by Gasteiger charge is 2.13. The van der Waals surface area contributed by atoms with E-state index in [1.165, 1.54) is 13.3 Å². The summed E-state index contributed by atoms with van der Waals surface area (Å²) < 4.78 is 4.67. The van der Waals surface area contributed by atoms with Crippen LogP contribution in [0.4, 0.5) is 11.5 Å². The summed E-state index contributed by atoms with van der Waals surface area (Å²) in [5.74, 6) is 0.790. The number of hydrogen-bond acceptors (Lipinski definition) is 5. The Bertz CT molecular complexity index is 405. The van der Waals surface area contributed by atoms with E-state index in [9.17, 15) is 4.79 Å². The van der Waals surface area contributed by atoms with E-state index in [1.54, 1.807) is 6.07 Å². The Morgan fingerprint density at radius 3 is 2.76 bits per heavy atom. The number of carbonyl (C=O) groups is 1. The highest BCUT2D eigenvalue weighted by Crippen LogP contribution is 2.18. The number of rotatable bonds is 4. The van der Waals surface area contributed by atoms with Gasteiger partial charge in [0.25, 0.3) is 0 Å². The van der Waals surface area contributed by atoms with Crippen molar-refractivity contribution < 1.29 is 9.53 Å². The molecule has 0 aliphatic rings. The molecule has 5 nitrogen and oxygen atoms in total. The first-order chi connectivity index (χ1) is 7.95. The number of aromatic nitrogens is 1. The predicted octanol–water partition coefficient (Wildman–Crippen LogP) is 1.54. The molecule has 0 atom stereocenters.